The van der Waals surface area contributed by atoms with Crippen LogP contribution in [0.5, 0.6) is 0 Å². The maximum atomic E-state index is 12.4. The van der Waals surface area contributed by atoms with E-state index in [1.54, 1.807) is 0 Å². The molecule has 0 bridgehead atoms. The fourth-order valence-corrected chi connectivity index (χ4v) is 1.98. The predicted octanol–water partition coefficient (Wildman–Crippen LogP) is 2.70. The summed E-state index contributed by atoms with van der Waals surface area (Å²) >= 11 is 0. The molecule has 0 aromatic heterocycles. The molecule has 1 N–H and O–H groups in total. The number of hydrogen-bond donors (Lipinski definition) is 1. The van der Waals surface area contributed by atoms with Crippen molar-refractivity contribution in [1.82, 2.24) is 0 Å². The molecule has 94 valence electrons. The van der Waals surface area contributed by atoms with Crippen molar-refractivity contribution in [3.63, 3.8) is 0 Å². The fourth-order valence-electron chi connectivity index (χ4n) is 1.98. The van der Waals surface area contributed by atoms with Gasteiger partial charge in [-0.25, -0.2) is 0 Å². The van der Waals surface area contributed by atoms with E-state index in [4.69, 9.17) is 4.74 Å². The van der Waals surface area contributed by atoms with Crippen LogP contribution in [0.15, 0.2) is 24.3 Å². The van der Waals surface area contributed by atoms with Gasteiger partial charge in [0.15, 0.2) is 0 Å². The summed E-state index contributed by atoms with van der Waals surface area (Å²) in [7, 11) is 0. The van der Waals surface area contributed by atoms with Gasteiger partial charge in [-0.1, -0.05) is 12.1 Å². The molecule has 1 aliphatic heterocycles. The van der Waals surface area contributed by atoms with Gasteiger partial charge in [0.25, 0.3) is 0 Å². The van der Waals surface area contributed by atoms with Crippen molar-refractivity contribution in [2.75, 3.05) is 13.2 Å². The summed E-state index contributed by atoms with van der Waals surface area (Å²) in [6, 6.07) is 4.61. The Balaban J connectivity index is 2.23. The van der Waals surface area contributed by atoms with E-state index < -0.39 is 17.3 Å². The summed E-state index contributed by atoms with van der Waals surface area (Å²) in [5, 5.41) is 10.2. The highest BCUT2D eigenvalue weighted by Crippen LogP contribution is 2.33. The minimum Gasteiger partial charge on any atom is -0.383 e. The van der Waals surface area contributed by atoms with Gasteiger partial charge in [0.05, 0.1) is 12.2 Å². The van der Waals surface area contributed by atoms with Crippen molar-refractivity contribution in [3.05, 3.63) is 35.4 Å². The van der Waals surface area contributed by atoms with Crippen LogP contribution in [0.2, 0.25) is 0 Å². The van der Waals surface area contributed by atoms with Crippen molar-refractivity contribution in [1.29, 1.82) is 0 Å². The van der Waals surface area contributed by atoms with E-state index in [0.29, 0.717) is 25.0 Å². The Hall–Kier alpha value is -1.07. The number of hydrogen-bond acceptors (Lipinski definition) is 2. The van der Waals surface area contributed by atoms with E-state index in [1.165, 1.54) is 12.1 Å². The van der Waals surface area contributed by atoms with Gasteiger partial charge in [0.2, 0.25) is 0 Å². The third-order valence-corrected chi connectivity index (χ3v) is 2.97. The lowest BCUT2D eigenvalue weighted by molar-refractivity contribution is -0.137. The van der Waals surface area contributed by atoms with Gasteiger partial charge in [-0.05, 0) is 30.5 Å². The molecule has 2 nitrogen and oxygen atoms in total. The number of aliphatic hydroxyl groups is 1. The largest absolute Gasteiger partial charge is 0.416 e. The van der Waals surface area contributed by atoms with Gasteiger partial charge in [0.1, 0.15) is 5.60 Å². The van der Waals surface area contributed by atoms with Crippen LogP contribution in [-0.2, 0) is 16.5 Å². The summed E-state index contributed by atoms with van der Waals surface area (Å²) in [6.07, 6.45) is -3.12. The molecular formula is C12H13F3O2. The van der Waals surface area contributed by atoms with Gasteiger partial charge < -0.3 is 9.84 Å². The molecule has 0 amide bonds. The molecule has 0 saturated carbocycles. The second-order valence-electron chi connectivity index (χ2n) is 4.26. The molecule has 1 heterocycles. The quantitative estimate of drug-likeness (QED) is 0.825. The highest BCUT2D eigenvalue weighted by molar-refractivity contribution is 5.29. The van der Waals surface area contributed by atoms with E-state index in [1.807, 2.05) is 0 Å². The maximum Gasteiger partial charge on any atom is 0.416 e. The normalized spacial score (nSPS) is 25.9. The molecule has 5 heteroatoms. The Labute approximate surface area is 97.0 Å². The van der Waals surface area contributed by atoms with Gasteiger partial charge in [-0.15, -0.1) is 0 Å². The molecule has 1 unspecified atom stereocenters. The molecule has 1 aromatic carbocycles. The lowest BCUT2D eigenvalue weighted by Crippen LogP contribution is -2.35. The second-order valence-corrected chi connectivity index (χ2v) is 4.26. The van der Waals surface area contributed by atoms with Crippen LogP contribution in [0.1, 0.15) is 24.0 Å². The van der Waals surface area contributed by atoms with Gasteiger partial charge in [-0.2, -0.15) is 13.2 Å². The molecule has 1 aliphatic rings. The summed E-state index contributed by atoms with van der Waals surface area (Å²) in [5.41, 5.74) is -1.38. The van der Waals surface area contributed by atoms with E-state index in [9.17, 15) is 18.3 Å². The second kappa shape index (κ2) is 4.31. The summed E-state index contributed by atoms with van der Waals surface area (Å²) < 4.78 is 42.3. The molecule has 0 spiro atoms. The average molecular weight is 246 g/mol. The van der Waals surface area contributed by atoms with E-state index in [0.717, 1.165) is 12.1 Å². The molecule has 0 radical (unpaired) electrons. The summed E-state index contributed by atoms with van der Waals surface area (Å²) in [5.74, 6) is 0. The van der Waals surface area contributed by atoms with Gasteiger partial charge in [0, 0.05) is 6.61 Å². The lowest BCUT2D eigenvalue weighted by atomic mass is 9.88. The first-order chi connectivity index (χ1) is 7.92. The van der Waals surface area contributed by atoms with E-state index >= 15 is 0 Å². The number of halogens is 3. The molecule has 1 saturated heterocycles. The van der Waals surface area contributed by atoms with Crippen LogP contribution in [0.4, 0.5) is 13.2 Å². The van der Waals surface area contributed by atoms with Crippen LogP contribution in [-0.4, -0.2) is 18.3 Å². The Morgan fingerprint density at radius 1 is 1.18 bits per heavy atom. The minimum absolute atomic E-state index is 0.137. The summed E-state index contributed by atoms with van der Waals surface area (Å²) in [4.78, 5) is 0. The van der Waals surface area contributed by atoms with Crippen molar-refractivity contribution < 1.29 is 23.0 Å². The van der Waals surface area contributed by atoms with Crippen molar-refractivity contribution in [2.24, 2.45) is 0 Å². The van der Waals surface area contributed by atoms with Crippen molar-refractivity contribution >= 4 is 0 Å². The van der Waals surface area contributed by atoms with Crippen LogP contribution in [0.3, 0.4) is 0 Å². The van der Waals surface area contributed by atoms with Gasteiger partial charge in [-0.3, -0.25) is 0 Å². The van der Waals surface area contributed by atoms with E-state index in [-0.39, 0.29) is 6.61 Å². The molecule has 1 fully saturated rings. The first-order valence-corrected chi connectivity index (χ1v) is 5.40. The highest BCUT2D eigenvalue weighted by Gasteiger charge is 2.34. The number of alkyl halides is 3. The SMILES string of the molecule is OC1(c2ccc(C(F)(F)F)cc2)CCCOC1. The number of ether oxygens (including phenoxy) is 1. The lowest BCUT2D eigenvalue weighted by Gasteiger charge is -2.32. The highest BCUT2D eigenvalue weighted by atomic mass is 19.4. The monoisotopic (exact) mass is 246 g/mol. The zero-order chi connectivity index (χ0) is 12.5. The maximum absolute atomic E-state index is 12.4. The first kappa shape index (κ1) is 12.4. The molecule has 2 rings (SSSR count). The topological polar surface area (TPSA) is 29.5 Å². The number of rotatable bonds is 1. The standard InChI is InChI=1S/C12H13F3O2/c13-12(14,15)10-4-2-9(3-5-10)11(16)6-1-7-17-8-11/h2-5,16H,1,6-8H2. The van der Waals surface area contributed by atoms with Gasteiger partial charge >= 0.3 is 6.18 Å². The Morgan fingerprint density at radius 3 is 2.29 bits per heavy atom. The average Bonchev–Trinajstić information content (AvgIpc) is 2.29. The fraction of sp³-hybridized carbons (Fsp3) is 0.500. The third kappa shape index (κ3) is 2.61. The van der Waals surface area contributed by atoms with Crippen LogP contribution < -0.4 is 0 Å². The zero-order valence-electron chi connectivity index (χ0n) is 9.13. The molecule has 0 aliphatic carbocycles. The number of benzene rings is 1. The van der Waals surface area contributed by atoms with Crippen molar-refractivity contribution in [3.8, 4) is 0 Å². The smallest absolute Gasteiger partial charge is 0.383 e. The molecule has 17 heavy (non-hydrogen) atoms. The van der Waals surface area contributed by atoms with Crippen molar-refractivity contribution in [2.45, 2.75) is 24.6 Å². The molecule has 1 aromatic rings. The Kier molecular flexibility index (Phi) is 3.14. The first-order valence-electron chi connectivity index (χ1n) is 5.40. The van der Waals surface area contributed by atoms with Crippen LogP contribution in [0, 0.1) is 0 Å². The van der Waals surface area contributed by atoms with Crippen LogP contribution >= 0.6 is 0 Å². The minimum atomic E-state index is -4.34. The zero-order valence-corrected chi connectivity index (χ0v) is 9.13. The Bertz CT molecular complexity index is 378. The Morgan fingerprint density at radius 2 is 1.82 bits per heavy atom. The van der Waals surface area contributed by atoms with E-state index in [2.05, 4.69) is 0 Å². The summed E-state index contributed by atoms with van der Waals surface area (Å²) in [6.45, 7) is 0.724. The third-order valence-electron chi connectivity index (χ3n) is 2.97. The molecular weight excluding hydrogens is 233 g/mol. The van der Waals surface area contributed by atoms with Crippen LogP contribution in [0.25, 0.3) is 0 Å². The molecule has 1 atom stereocenters. The predicted molar refractivity (Wildman–Crippen MR) is 55.4 cm³/mol.